The summed E-state index contributed by atoms with van der Waals surface area (Å²) in [6.45, 7) is 7.50. The van der Waals surface area contributed by atoms with Crippen LogP contribution in [0.1, 0.15) is 32.2 Å². The van der Waals surface area contributed by atoms with Crippen LogP contribution >= 0.6 is 0 Å². The second-order valence-corrected chi connectivity index (χ2v) is 5.59. The van der Waals surface area contributed by atoms with E-state index >= 15 is 0 Å². The number of nitrogens with zero attached hydrogens (tertiary/aromatic N) is 3. The summed E-state index contributed by atoms with van der Waals surface area (Å²) >= 11 is 0. The van der Waals surface area contributed by atoms with E-state index in [4.69, 9.17) is 0 Å². The summed E-state index contributed by atoms with van der Waals surface area (Å²) in [5.74, 6) is 0.541. The third-order valence-corrected chi connectivity index (χ3v) is 2.91. The molecule has 0 amide bonds. The summed E-state index contributed by atoms with van der Waals surface area (Å²) in [4.78, 5) is 0. The van der Waals surface area contributed by atoms with Crippen LogP contribution in [0.5, 0.6) is 0 Å². The van der Waals surface area contributed by atoms with Crippen molar-refractivity contribution in [2.45, 2.75) is 39.8 Å². The van der Waals surface area contributed by atoms with Gasteiger partial charge in [-0.15, -0.1) is 10.2 Å². The number of aliphatic hydroxyl groups excluding tert-OH is 1. The lowest BCUT2D eigenvalue weighted by atomic mass is 10.1. The lowest BCUT2D eigenvalue weighted by Gasteiger charge is -2.24. The Bertz CT molecular complexity index is 599. The number of halogens is 1. The van der Waals surface area contributed by atoms with Gasteiger partial charge in [0.15, 0.2) is 11.6 Å². The number of benzene rings is 1. The number of hydrogen-bond acceptors (Lipinski definition) is 3. The Morgan fingerprint density at radius 1 is 1.26 bits per heavy atom. The Morgan fingerprint density at radius 3 is 2.47 bits per heavy atom. The molecule has 0 unspecified atom stereocenters. The summed E-state index contributed by atoms with van der Waals surface area (Å²) in [5, 5.41) is 17.3. The highest BCUT2D eigenvalue weighted by Gasteiger charge is 2.24. The van der Waals surface area contributed by atoms with Gasteiger partial charge in [-0.25, -0.2) is 4.39 Å². The van der Waals surface area contributed by atoms with Crippen molar-refractivity contribution >= 4 is 0 Å². The molecule has 0 radical (unpaired) electrons. The fourth-order valence-corrected chi connectivity index (χ4v) is 2.10. The quantitative estimate of drug-likeness (QED) is 0.906. The largest absolute Gasteiger partial charge is 0.388 e. The average Bonchev–Trinajstić information content (AvgIpc) is 2.72. The van der Waals surface area contributed by atoms with Crippen LogP contribution < -0.4 is 0 Å². The second-order valence-electron chi connectivity index (χ2n) is 5.59. The van der Waals surface area contributed by atoms with Crippen molar-refractivity contribution in [2.75, 3.05) is 0 Å². The van der Waals surface area contributed by atoms with Gasteiger partial charge in [-0.2, -0.15) is 0 Å². The molecule has 1 aromatic heterocycles. The zero-order chi connectivity index (χ0) is 14.2. The highest BCUT2D eigenvalue weighted by Crippen LogP contribution is 2.28. The molecule has 1 N–H and O–H groups in total. The molecule has 0 aliphatic rings. The molecular weight excluding hydrogens is 245 g/mol. The molecule has 0 saturated carbocycles. The molecule has 0 atom stereocenters. The molecule has 0 fully saturated rings. The van der Waals surface area contributed by atoms with Crippen LogP contribution in [-0.2, 0) is 12.1 Å². The first-order valence-electron chi connectivity index (χ1n) is 6.16. The van der Waals surface area contributed by atoms with Gasteiger partial charge in [-0.1, -0.05) is 6.07 Å². The maximum atomic E-state index is 14.1. The van der Waals surface area contributed by atoms with Crippen LogP contribution in [-0.4, -0.2) is 19.9 Å². The van der Waals surface area contributed by atoms with E-state index in [1.54, 1.807) is 10.6 Å². The van der Waals surface area contributed by atoms with Crippen molar-refractivity contribution in [3.63, 3.8) is 0 Å². The molecule has 2 rings (SSSR count). The maximum absolute atomic E-state index is 14.1. The molecule has 1 aromatic carbocycles. The number of aliphatic hydroxyl groups is 1. The summed E-state index contributed by atoms with van der Waals surface area (Å²) in [7, 11) is 0. The van der Waals surface area contributed by atoms with Crippen molar-refractivity contribution in [1.29, 1.82) is 0 Å². The topological polar surface area (TPSA) is 50.9 Å². The molecule has 0 spiro atoms. The Balaban J connectivity index is 2.66. The maximum Gasteiger partial charge on any atom is 0.167 e. The Morgan fingerprint density at radius 2 is 1.95 bits per heavy atom. The van der Waals surface area contributed by atoms with E-state index in [9.17, 15) is 9.50 Å². The van der Waals surface area contributed by atoms with Crippen LogP contribution in [0, 0.1) is 12.7 Å². The van der Waals surface area contributed by atoms with E-state index < -0.39 is 0 Å². The lowest BCUT2D eigenvalue weighted by molar-refractivity contribution is 0.250. The lowest BCUT2D eigenvalue weighted by Crippen LogP contribution is -2.25. The van der Waals surface area contributed by atoms with E-state index in [1.165, 1.54) is 6.07 Å². The molecule has 1 heterocycles. The monoisotopic (exact) mass is 263 g/mol. The predicted octanol–water partition coefficient (Wildman–Crippen LogP) is 2.64. The summed E-state index contributed by atoms with van der Waals surface area (Å²) in [6, 6.07) is 4.99. The van der Waals surface area contributed by atoms with Crippen LogP contribution in [0.2, 0.25) is 0 Å². The molecular formula is C14H18FN3O. The molecule has 0 bridgehead atoms. The van der Waals surface area contributed by atoms with E-state index in [-0.39, 0.29) is 18.0 Å². The summed E-state index contributed by atoms with van der Waals surface area (Å²) in [6.07, 6.45) is 0. The van der Waals surface area contributed by atoms with E-state index in [0.717, 1.165) is 5.56 Å². The van der Waals surface area contributed by atoms with Gasteiger partial charge in [-0.05, 0) is 45.4 Å². The minimum absolute atomic E-state index is 0.224. The average molecular weight is 263 g/mol. The van der Waals surface area contributed by atoms with Crippen LogP contribution in [0.25, 0.3) is 11.4 Å². The standard InChI is InChI=1S/C14H18FN3O/c1-9-5-6-10(11(15)7-9)13-17-16-12(8-19)18(13)14(2,3)4/h5-7,19H,8H2,1-4H3. The first kappa shape index (κ1) is 13.7. The number of rotatable bonds is 2. The third-order valence-electron chi connectivity index (χ3n) is 2.91. The van der Waals surface area contributed by atoms with Gasteiger partial charge < -0.3 is 9.67 Å². The van der Waals surface area contributed by atoms with E-state index in [0.29, 0.717) is 17.2 Å². The Hall–Kier alpha value is -1.75. The van der Waals surface area contributed by atoms with E-state index in [2.05, 4.69) is 10.2 Å². The Kier molecular flexibility index (Phi) is 3.41. The summed E-state index contributed by atoms with van der Waals surface area (Å²) < 4.78 is 15.8. The SMILES string of the molecule is Cc1ccc(-c2nnc(CO)n2C(C)(C)C)c(F)c1. The third kappa shape index (κ3) is 2.51. The van der Waals surface area contributed by atoms with Gasteiger partial charge in [0.25, 0.3) is 0 Å². The van der Waals surface area contributed by atoms with Crippen molar-refractivity contribution in [3.8, 4) is 11.4 Å². The van der Waals surface area contributed by atoms with Gasteiger partial charge in [0.05, 0.1) is 5.56 Å². The smallest absolute Gasteiger partial charge is 0.167 e. The molecule has 5 heteroatoms. The minimum Gasteiger partial charge on any atom is -0.388 e. The van der Waals surface area contributed by atoms with Gasteiger partial charge in [0.1, 0.15) is 12.4 Å². The molecule has 0 aliphatic carbocycles. The molecule has 0 saturated heterocycles. The zero-order valence-corrected chi connectivity index (χ0v) is 11.6. The van der Waals surface area contributed by atoms with Crippen molar-refractivity contribution < 1.29 is 9.50 Å². The molecule has 19 heavy (non-hydrogen) atoms. The van der Waals surface area contributed by atoms with Gasteiger partial charge in [0, 0.05) is 5.54 Å². The highest BCUT2D eigenvalue weighted by molar-refractivity contribution is 5.57. The predicted molar refractivity (Wildman–Crippen MR) is 71.1 cm³/mol. The van der Waals surface area contributed by atoms with Gasteiger partial charge in [0.2, 0.25) is 0 Å². The second kappa shape index (κ2) is 4.74. The normalized spacial score (nSPS) is 11.9. The molecule has 102 valence electrons. The fraction of sp³-hybridized carbons (Fsp3) is 0.429. The first-order chi connectivity index (χ1) is 8.84. The Labute approximate surface area is 111 Å². The number of aryl methyl sites for hydroxylation is 1. The van der Waals surface area contributed by atoms with Gasteiger partial charge in [-0.3, -0.25) is 0 Å². The fourth-order valence-electron chi connectivity index (χ4n) is 2.10. The number of aromatic nitrogens is 3. The summed E-state index contributed by atoms with van der Waals surface area (Å²) in [5.41, 5.74) is 0.909. The highest BCUT2D eigenvalue weighted by atomic mass is 19.1. The van der Waals surface area contributed by atoms with E-state index in [1.807, 2.05) is 33.8 Å². The molecule has 4 nitrogen and oxygen atoms in total. The van der Waals surface area contributed by atoms with Crippen LogP contribution in [0.3, 0.4) is 0 Å². The van der Waals surface area contributed by atoms with Crippen molar-refractivity contribution in [2.24, 2.45) is 0 Å². The number of hydrogen-bond donors (Lipinski definition) is 1. The van der Waals surface area contributed by atoms with Gasteiger partial charge >= 0.3 is 0 Å². The minimum atomic E-state index is -0.339. The van der Waals surface area contributed by atoms with Crippen LogP contribution in [0.4, 0.5) is 4.39 Å². The van der Waals surface area contributed by atoms with Crippen LogP contribution in [0.15, 0.2) is 18.2 Å². The van der Waals surface area contributed by atoms with Crippen molar-refractivity contribution in [1.82, 2.24) is 14.8 Å². The molecule has 0 aliphatic heterocycles. The first-order valence-corrected chi connectivity index (χ1v) is 6.16. The van der Waals surface area contributed by atoms with Crippen molar-refractivity contribution in [3.05, 3.63) is 35.4 Å². The zero-order valence-electron chi connectivity index (χ0n) is 11.6. The molecule has 2 aromatic rings.